The predicted octanol–water partition coefficient (Wildman–Crippen LogP) is 0.901. The summed E-state index contributed by atoms with van der Waals surface area (Å²) >= 11 is 0. The molecule has 3 rings (SSSR count). The number of hydrogen-bond acceptors (Lipinski definition) is 4. The van der Waals surface area contributed by atoms with Gasteiger partial charge in [-0.15, -0.1) is 0 Å². The molecule has 0 fully saturated rings. The average Bonchev–Trinajstić information content (AvgIpc) is 3.05. The van der Waals surface area contributed by atoms with E-state index in [2.05, 4.69) is 9.71 Å². The van der Waals surface area contributed by atoms with Crippen LogP contribution in [0.1, 0.15) is 0 Å². The van der Waals surface area contributed by atoms with Crippen LogP contribution in [-0.4, -0.2) is 24.5 Å². The lowest BCUT2D eigenvalue weighted by atomic mass is 10.3. The Hall–Kier alpha value is -2.32. The molecule has 8 heteroatoms. The normalized spacial score (nSPS) is 12.0. The molecule has 0 amide bonds. The molecule has 2 N–H and O–H groups in total. The largest absolute Gasteiger partial charge is 0.417 e. The Bertz CT molecular complexity index is 906. The minimum atomic E-state index is -3.63. The molecule has 0 saturated carbocycles. The van der Waals surface area contributed by atoms with Crippen LogP contribution in [0.3, 0.4) is 0 Å². The van der Waals surface area contributed by atoms with Gasteiger partial charge in [0.15, 0.2) is 5.58 Å². The molecule has 0 spiro atoms. The summed E-state index contributed by atoms with van der Waals surface area (Å²) in [5, 5.41) is 0. The maximum atomic E-state index is 12.2. The monoisotopic (exact) mass is 307 g/mol. The van der Waals surface area contributed by atoms with E-state index >= 15 is 0 Å². The number of nitrogens with zero attached hydrogens (tertiary/aromatic N) is 1. The number of aromatic nitrogens is 2. The molecule has 110 valence electrons. The highest BCUT2D eigenvalue weighted by molar-refractivity contribution is 7.89. The summed E-state index contributed by atoms with van der Waals surface area (Å²) in [5.41, 5.74) is 0.680. The zero-order chi connectivity index (χ0) is 14.9. The smallest absolute Gasteiger partial charge is 0.408 e. The fraction of sp³-hybridized carbons (Fsp3) is 0.154. The van der Waals surface area contributed by atoms with Crippen LogP contribution in [-0.2, 0) is 16.6 Å². The molecule has 2 heterocycles. The highest BCUT2D eigenvalue weighted by Gasteiger charge is 2.15. The highest BCUT2D eigenvalue weighted by atomic mass is 32.2. The van der Waals surface area contributed by atoms with Gasteiger partial charge < -0.3 is 8.98 Å². The molecule has 7 nitrogen and oxygen atoms in total. The Kier molecular flexibility index (Phi) is 3.40. The molecule has 2 aromatic heterocycles. The number of aromatic amines is 1. The van der Waals surface area contributed by atoms with E-state index in [-0.39, 0.29) is 17.0 Å². The second-order valence-corrected chi connectivity index (χ2v) is 6.26. The zero-order valence-corrected chi connectivity index (χ0v) is 11.8. The van der Waals surface area contributed by atoms with E-state index in [1.54, 1.807) is 0 Å². The first-order chi connectivity index (χ1) is 10.0. The van der Waals surface area contributed by atoms with Crippen LogP contribution < -0.4 is 10.5 Å². The molecule has 0 unspecified atom stereocenters. The van der Waals surface area contributed by atoms with Gasteiger partial charge in [0.2, 0.25) is 10.0 Å². The third-order valence-corrected chi connectivity index (χ3v) is 4.49. The number of hydrogen-bond donors (Lipinski definition) is 2. The summed E-state index contributed by atoms with van der Waals surface area (Å²) in [5.74, 6) is -0.611. The van der Waals surface area contributed by atoms with Gasteiger partial charge in [-0.25, -0.2) is 17.9 Å². The van der Waals surface area contributed by atoms with E-state index in [1.165, 1.54) is 18.2 Å². The molecule has 0 radical (unpaired) electrons. The number of benzene rings is 1. The van der Waals surface area contributed by atoms with Crippen molar-refractivity contribution in [1.82, 2.24) is 14.3 Å². The van der Waals surface area contributed by atoms with E-state index < -0.39 is 15.8 Å². The molecular formula is C13H13N3O4S. The summed E-state index contributed by atoms with van der Waals surface area (Å²) in [6, 6.07) is 7.99. The second kappa shape index (κ2) is 5.23. The summed E-state index contributed by atoms with van der Waals surface area (Å²) in [6.45, 7) is 0.805. The Morgan fingerprint density at radius 2 is 2.00 bits per heavy atom. The summed E-state index contributed by atoms with van der Waals surface area (Å²) in [6.07, 6.45) is 3.71. The van der Waals surface area contributed by atoms with E-state index in [9.17, 15) is 13.2 Å². The van der Waals surface area contributed by atoms with Crippen LogP contribution >= 0.6 is 0 Å². The van der Waals surface area contributed by atoms with Crippen LogP contribution in [0.25, 0.3) is 11.1 Å². The van der Waals surface area contributed by atoms with Crippen molar-refractivity contribution in [3.05, 3.63) is 53.3 Å². The molecule has 0 aliphatic rings. The van der Waals surface area contributed by atoms with Crippen LogP contribution in [0.5, 0.6) is 0 Å². The van der Waals surface area contributed by atoms with Crippen LogP contribution in [0.15, 0.2) is 56.8 Å². The fourth-order valence-corrected chi connectivity index (χ4v) is 3.04. The third-order valence-electron chi connectivity index (χ3n) is 3.03. The van der Waals surface area contributed by atoms with Crippen molar-refractivity contribution in [3.8, 4) is 0 Å². The third kappa shape index (κ3) is 2.91. The van der Waals surface area contributed by atoms with Gasteiger partial charge in [0.1, 0.15) is 0 Å². The minimum Gasteiger partial charge on any atom is -0.408 e. The quantitative estimate of drug-likeness (QED) is 0.732. The lowest BCUT2D eigenvalue weighted by Gasteiger charge is -2.07. The van der Waals surface area contributed by atoms with Gasteiger partial charge in [0.25, 0.3) is 0 Å². The summed E-state index contributed by atoms with van der Waals surface area (Å²) in [4.78, 5) is 13.6. The minimum absolute atomic E-state index is 0.0604. The number of oxazole rings is 1. The van der Waals surface area contributed by atoms with E-state index in [0.29, 0.717) is 12.1 Å². The molecule has 1 aromatic carbocycles. The predicted molar refractivity (Wildman–Crippen MR) is 76.5 cm³/mol. The Morgan fingerprint density at radius 1 is 1.24 bits per heavy atom. The van der Waals surface area contributed by atoms with Crippen molar-refractivity contribution >= 4 is 21.1 Å². The number of fused-ring (bicyclic) bond motifs is 1. The molecule has 0 saturated heterocycles. The maximum absolute atomic E-state index is 12.2. The number of nitrogens with one attached hydrogen (secondary N) is 2. The van der Waals surface area contributed by atoms with Crippen molar-refractivity contribution in [2.45, 2.75) is 11.4 Å². The van der Waals surface area contributed by atoms with Gasteiger partial charge >= 0.3 is 5.76 Å². The fourth-order valence-electron chi connectivity index (χ4n) is 2.00. The second-order valence-electron chi connectivity index (χ2n) is 4.49. The highest BCUT2D eigenvalue weighted by Crippen LogP contribution is 2.16. The van der Waals surface area contributed by atoms with Gasteiger partial charge in [-0.05, 0) is 24.3 Å². The Balaban J connectivity index is 1.77. The lowest BCUT2D eigenvalue weighted by molar-refractivity contribution is 0.553. The molecule has 0 atom stereocenters. The molecule has 0 aliphatic carbocycles. The average molecular weight is 307 g/mol. The SMILES string of the molecule is O=c1[nH]c2ccc(S(=O)(=O)NCCn3cccc3)cc2o1. The van der Waals surface area contributed by atoms with E-state index in [4.69, 9.17) is 4.42 Å². The molecule has 21 heavy (non-hydrogen) atoms. The van der Waals surface area contributed by atoms with E-state index in [0.717, 1.165) is 0 Å². The van der Waals surface area contributed by atoms with Crippen molar-refractivity contribution < 1.29 is 12.8 Å². The lowest BCUT2D eigenvalue weighted by Crippen LogP contribution is -2.27. The van der Waals surface area contributed by atoms with Gasteiger partial charge in [-0.1, -0.05) is 0 Å². The Labute approximate surface area is 120 Å². The number of H-pyrrole nitrogens is 1. The number of sulfonamides is 1. The van der Waals surface area contributed by atoms with Gasteiger partial charge in [-0.2, -0.15) is 0 Å². The summed E-state index contributed by atoms with van der Waals surface area (Å²) in [7, 11) is -3.63. The first-order valence-corrected chi connectivity index (χ1v) is 7.76. The standard InChI is InChI=1S/C13H13N3O4S/c17-13-15-11-4-3-10(9-12(11)20-13)21(18,19)14-5-8-16-6-1-2-7-16/h1-4,6-7,9,14H,5,8H2,(H,15,17). The van der Waals surface area contributed by atoms with Crippen molar-refractivity contribution in [2.75, 3.05) is 6.54 Å². The molecule has 0 bridgehead atoms. The number of rotatable bonds is 5. The summed E-state index contributed by atoms with van der Waals surface area (Å²) < 4.78 is 33.6. The first kappa shape index (κ1) is 13.7. The molecular weight excluding hydrogens is 294 g/mol. The first-order valence-electron chi connectivity index (χ1n) is 6.28. The van der Waals surface area contributed by atoms with Crippen molar-refractivity contribution in [3.63, 3.8) is 0 Å². The zero-order valence-electron chi connectivity index (χ0n) is 10.9. The van der Waals surface area contributed by atoms with Crippen molar-refractivity contribution in [2.24, 2.45) is 0 Å². The molecule has 3 aromatic rings. The van der Waals surface area contributed by atoms with Crippen LogP contribution in [0.2, 0.25) is 0 Å². The van der Waals surface area contributed by atoms with Crippen molar-refractivity contribution in [1.29, 1.82) is 0 Å². The van der Waals surface area contributed by atoms with Gasteiger partial charge in [0.05, 0.1) is 10.4 Å². The molecule has 0 aliphatic heterocycles. The van der Waals surface area contributed by atoms with Crippen LogP contribution in [0, 0.1) is 0 Å². The van der Waals surface area contributed by atoms with E-state index in [1.807, 2.05) is 29.1 Å². The maximum Gasteiger partial charge on any atom is 0.417 e. The van der Waals surface area contributed by atoms with Gasteiger partial charge in [-0.3, -0.25) is 4.98 Å². The Morgan fingerprint density at radius 3 is 2.76 bits per heavy atom. The topological polar surface area (TPSA) is 97.1 Å². The van der Waals surface area contributed by atoms with Crippen LogP contribution in [0.4, 0.5) is 0 Å². The van der Waals surface area contributed by atoms with Gasteiger partial charge in [0, 0.05) is 31.5 Å².